The molecule has 1 heterocycles. The molecule has 2 amide bonds. The highest BCUT2D eigenvalue weighted by atomic mass is 16.5. The van der Waals surface area contributed by atoms with Crippen molar-refractivity contribution in [3.63, 3.8) is 0 Å². The predicted octanol–water partition coefficient (Wildman–Crippen LogP) is 2.41. The van der Waals surface area contributed by atoms with Crippen LogP contribution in [0.4, 0.5) is 0 Å². The van der Waals surface area contributed by atoms with Gasteiger partial charge in [0.1, 0.15) is 11.5 Å². The number of ether oxygens (including phenoxy) is 2. The van der Waals surface area contributed by atoms with Crippen molar-refractivity contribution in [2.45, 2.75) is 19.4 Å². The van der Waals surface area contributed by atoms with Crippen LogP contribution in [0.3, 0.4) is 0 Å². The van der Waals surface area contributed by atoms with Gasteiger partial charge in [0, 0.05) is 37.7 Å². The number of benzene rings is 2. The highest BCUT2D eigenvalue weighted by molar-refractivity contribution is 5.89. The van der Waals surface area contributed by atoms with Crippen LogP contribution in [0.15, 0.2) is 48.5 Å². The van der Waals surface area contributed by atoms with Crippen LogP contribution < -0.4 is 14.8 Å². The maximum absolute atomic E-state index is 12.6. The van der Waals surface area contributed by atoms with E-state index >= 15 is 0 Å². The second-order valence-electron chi connectivity index (χ2n) is 6.87. The zero-order valence-electron chi connectivity index (χ0n) is 16.3. The Balaban J connectivity index is 1.52. The highest BCUT2D eigenvalue weighted by Gasteiger charge is 2.33. The van der Waals surface area contributed by atoms with Gasteiger partial charge in [-0.15, -0.1) is 0 Å². The quantitative estimate of drug-likeness (QED) is 0.761. The van der Waals surface area contributed by atoms with Gasteiger partial charge in [0.05, 0.1) is 20.1 Å². The lowest BCUT2D eigenvalue weighted by Crippen LogP contribution is -2.33. The lowest BCUT2D eigenvalue weighted by molar-refractivity contribution is -0.129. The zero-order valence-corrected chi connectivity index (χ0v) is 16.3. The number of hydrogen-bond acceptors (Lipinski definition) is 4. The van der Waals surface area contributed by atoms with Crippen molar-refractivity contribution in [2.24, 2.45) is 5.92 Å². The Labute approximate surface area is 165 Å². The van der Waals surface area contributed by atoms with Gasteiger partial charge in [0.25, 0.3) is 0 Å². The number of carbonyl (C=O) groups is 2. The minimum atomic E-state index is -0.312. The molecule has 6 nitrogen and oxygen atoms in total. The summed E-state index contributed by atoms with van der Waals surface area (Å²) in [6.45, 7) is 1.46. The number of carbonyl (C=O) groups excluding carboxylic acids is 2. The van der Waals surface area contributed by atoms with Gasteiger partial charge in [0.15, 0.2) is 0 Å². The van der Waals surface area contributed by atoms with E-state index in [0.717, 1.165) is 12.0 Å². The first-order valence-corrected chi connectivity index (χ1v) is 9.41. The van der Waals surface area contributed by atoms with Crippen LogP contribution in [0.1, 0.15) is 17.5 Å². The molecule has 1 aliphatic rings. The van der Waals surface area contributed by atoms with Crippen LogP contribution >= 0.6 is 0 Å². The van der Waals surface area contributed by atoms with Gasteiger partial charge >= 0.3 is 0 Å². The molecule has 3 rings (SSSR count). The Bertz CT molecular complexity index is 823. The summed E-state index contributed by atoms with van der Waals surface area (Å²) in [5.74, 6) is 0.980. The maximum atomic E-state index is 12.6. The molecule has 0 saturated carbocycles. The Kier molecular flexibility index (Phi) is 6.53. The molecule has 2 aromatic rings. The first-order chi connectivity index (χ1) is 13.6. The van der Waals surface area contributed by atoms with Gasteiger partial charge in [-0.05, 0) is 24.1 Å². The molecular formula is C22H26N2O4. The number of nitrogens with one attached hydrogen (secondary N) is 1. The summed E-state index contributed by atoms with van der Waals surface area (Å²) in [7, 11) is 3.18. The van der Waals surface area contributed by atoms with Crippen LogP contribution in [0.25, 0.3) is 0 Å². The molecule has 1 fully saturated rings. The lowest BCUT2D eigenvalue weighted by atomic mass is 10.1. The molecule has 1 saturated heterocycles. The van der Waals surface area contributed by atoms with E-state index in [1.54, 1.807) is 25.2 Å². The summed E-state index contributed by atoms with van der Waals surface area (Å²) in [4.78, 5) is 26.6. The highest BCUT2D eigenvalue weighted by Crippen LogP contribution is 2.25. The minimum absolute atomic E-state index is 0.0399. The molecule has 1 unspecified atom stereocenters. The molecule has 6 heteroatoms. The fourth-order valence-corrected chi connectivity index (χ4v) is 3.40. The molecule has 0 radical (unpaired) electrons. The molecule has 0 bridgehead atoms. The molecule has 2 aromatic carbocycles. The van der Waals surface area contributed by atoms with E-state index in [2.05, 4.69) is 5.32 Å². The van der Waals surface area contributed by atoms with Gasteiger partial charge in [0.2, 0.25) is 11.8 Å². The average Bonchev–Trinajstić information content (AvgIpc) is 3.11. The summed E-state index contributed by atoms with van der Waals surface area (Å²) in [6.07, 6.45) is 1.06. The standard InChI is InChI=1S/C22H26N2O4/c1-27-19-9-8-17(20(13-19)28-2)14-23-22(26)18-12-21(25)24(15-18)11-10-16-6-4-3-5-7-16/h3-9,13,18H,10-12,14-15H2,1-2H3,(H,23,26). The van der Waals surface area contributed by atoms with E-state index in [9.17, 15) is 9.59 Å². The minimum Gasteiger partial charge on any atom is -0.497 e. The zero-order chi connectivity index (χ0) is 19.9. The van der Waals surface area contributed by atoms with Gasteiger partial charge in [-0.25, -0.2) is 0 Å². The first-order valence-electron chi connectivity index (χ1n) is 9.41. The number of methoxy groups -OCH3 is 2. The van der Waals surface area contributed by atoms with E-state index in [4.69, 9.17) is 9.47 Å². The van der Waals surface area contributed by atoms with E-state index in [-0.39, 0.29) is 24.2 Å². The predicted molar refractivity (Wildman–Crippen MR) is 106 cm³/mol. The van der Waals surface area contributed by atoms with Crippen molar-refractivity contribution in [1.82, 2.24) is 10.2 Å². The molecule has 1 atom stereocenters. The monoisotopic (exact) mass is 382 g/mol. The molecule has 148 valence electrons. The van der Waals surface area contributed by atoms with Gasteiger partial charge < -0.3 is 19.7 Å². The van der Waals surface area contributed by atoms with Crippen molar-refractivity contribution in [3.8, 4) is 11.5 Å². The number of nitrogens with zero attached hydrogens (tertiary/aromatic N) is 1. The summed E-state index contributed by atoms with van der Waals surface area (Å²) < 4.78 is 10.5. The van der Waals surface area contributed by atoms with Gasteiger partial charge in [-0.3, -0.25) is 9.59 Å². The Morgan fingerprint density at radius 3 is 2.64 bits per heavy atom. The number of likely N-dealkylation sites (tertiary alicyclic amines) is 1. The van der Waals surface area contributed by atoms with E-state index in [1.165, 1.54) is 5.56 Å². The summed E-state index contributed by atoms with van der Waals surface area (Å²) in [6, 6.07) is 15.5. The summed E-state index contributed by atoms with van der Waals surface area (Å²) in [5.41, 5.74) is 2.05. The second-order valence-corrected chi connectivity index (χ2v) is 6.87. The third-order valence-corrected chi connectivity index (χ3v) is 5.05. The van der Waals surface area contributed by atoms with Crippen molar-refractivity contribution in [1.29, 1.82) is 0 Å². The molecule has 0 spiro atoms. The van der Waals surface area contributed by atoms with Crippen LogP contribution in [0.2, 0.25) is 0 Å². The lowest BCUT2D eigenvalue weighted by Gasteiger charge is -2.17. The number of rotatable bonds is 8. The molecule has 28 heavy (non-hydrogen) atoms. The topological polar surface area (TPSA) is 67.9 Å². The van der Waals surface area contributed by atoms with Crippen LogP contribution in [0, 0.1) is 5.92 Å². The SMILES string of the molecule is COc1ccc(CNC(=O)C2CC(=O)N(CCc3ccccc3)C2)c(OC)c1. The molecule has 0 aliphatic carbocycles. The van der Waals surface area contributed by atoms with Crippen molar-refractivity contribution < 1.29 is 19.1 Å². The average molecular weight is 382 g/mol. The smallest absolute Gasteiger partial charge is 0.225 e. The van der Waals surface area contributed by atoms with Crippen molar-refractivity contribution >= 4 is 11.8 Å². The van der Waals surface area contributed by atoms with Gasteiger partial charge in [-0.1, -0.05) is 30.3 Å². The van der Waals surface area contributed by atoms with E-state index in [0.29, 0.717) is 31.1 Å². The van der Waals surface area contributed by atoms with Crippen LogP contribution in [-0.2, 0) is 22.6 Å². The van der Waals surface area contributed by atoms with E-state index in [1.807, 2.05) is 42.5 Å². The molecular weight excluding hydrogens is 356 g/mol. The number of amides is 2. The van der Waals surface area contributed by atoms with Crippen molar-refractivity contribution in [2.75, 3.05) is 27.3 Å². The molecule has 0 aromatic heterocycles. The van der Waals surface area contributed by atoms with Gasteiger partial charge in [-0.2, -0.15) is 0 Å². The van der Waals surface area contributed by atoms with Crippen LogP contribution in [0.5, 0.6) is 11.5 Å². The van der Waals surface area contributed by atoms with Crippen LogP contribution in [-0.4, -0.2) is 44.0 Å². The van der Waals surface area contributed by atoms with E-state index < -0.39 is 0 Å². The molecule has 1 N–H and O–H groups in total. The maximum Gasteiger partial charge on any atom is 0.225 e. The summed E-state index contributed by atoms with van der Waals surface area (Å²) >= 11 is 0. The summed E-state index contributed by atoms with van der Waals surface area (Å²) in [5, 5.41) is 2.93. The largest absolute Gasteiger partial charge is 0.497 e. The fourth-order valence-electron chi connectivity index (χ4n) is 3.40. The Morgan fingerprint density at radius 2 is 1.93 bits per heavy atom. The molecule has 1 aliphatic heterocycles. The normalized spacial score (nSPS) is 16.1. The second kappa shape index (κ2) is 9.26. The third kappa shape index (κ3) is 4.82. The number of hydrogen-bond donors (Lipinski definition) is 1. The third-order valence-electron chi connectivity index (χ3n) is 5.05. The van der Waals surface area contributed by atoms with Crippen molar-refractivity contribution in [3.05, 3.63) is 59.7 Å². The Hall–Kier alpha value is -3.02. The first kappa shape index (κ1) is 19.7. The fraction of sp³-hybridized carbons (Fsp3) is 0.364. The Morgan fingerprint density at radius 1 is 1.14 bits per heavy atom.